The molecule has 1 fully saturated rings. The first-order valence-electron chi connectivity index (χ1n) is 7.54. The maximum absolute atomic E-state index is 12.5. The molecule has 5 nitrogen and oxygen atoms in total. The average molecular weight is 371 g/mol. The lowest BCUT2D eigenvalue weighted by Crippen LogP contribution is -2.50. The van der Waals surface area contributed by atoms with E-state index in [2.05, 4.69) is 21.2 Å². The molecule has 1 aromatic carbocycles. The van der Waals surface area contributed by atoms with Crippen LogP contribution < -0.4 is 15.8 Å². The zero-order valence-corrected chi connectivity index (χ0v) is 14.4. The van der Waals surface area contributed by atoms with Crippen molar-refractivity contribution >= 4 is 21.8 Å². The van der Waals surface area contributed by atoms with Crippen LogP contribution in [0.25, 0.3) is 0 Å². The van der Waals surface area contributed by atoms with Crippen LogP contribution in [0.1, 0.15) is 19.8 Å². The summed E-state index contributed by atoms with van der Waals surface area (Å²) in [4.78, 5) is 12.5. The maximum atomic E-state index is 12.5. The Morgan fingerprint density at radius 1 is 1.50 bits per heavy atom. The van der Waals surface area contributed by atoms with Crippen LogP contribution >= 0.6 is 15.9 Å². The van der Waals surface area contributed by atoms with Crippen molar-refractivity contribution in [2.75, 3.05) is 26.3 Å². The lowest BCUT2D eigenvalue weighted by molar-refractivity contribution is -0.136. The van der Waals surface area contributed by atoms with Crippen molar-refractivity contribution < 1.29 is 14.3 Å². The van der Waals surface area contributed by atoms with Gasteiger partial charge in [-0.3, -0.25) is 4.79 Å². The monoisotopic (exact) mass is 370 g/mol. The van der Waals surface area contributed by atoms with Gasteiger partial charge in [0.05, 0.1) is 12.0 Å². The summed E-state index contributed by atoms with van der Waals surface area (Å²) in [5, 5.41) is 2.97. The number of amides is 1. The SMILES string of the molecule is CC(CNC(=O)C1(CN)CCOCC1)Oc1cccc(Br)c1. The van der Waals surface area contributed by atoms with E-state index in [4.69, 9.17) is 15.2 Å². The maximum Gasteiger partial charge on any atom is 0.227 e. The molecule has 0 radical (unpaired) electrons. The highest BCUT2D eigenvalue weighted by atomic mass is 79.9. The molecule has 3 N–H and O–H groups in total. The van der Waals surface area contributed by atoms with Crippen LogP contribution in [-0.4, -0.2) is 38.3 Å². The largest absolute Gasteiger partial charge is 0.489 e. The van der Waals surface area contributed by atoms with Gasteiger partial charge in [0.15, 0.2) is 0 Å². The first-order valence-corrected chi connectivity index (χ1v) is 8.33. The van der Waals surface area contributed by atoms with Gasteiger partial charge in [0, 0.05) is 24.2 Å². The highest BCUT2D eigenvalue weighted by molar-refractivity contribution is 9.10. The minimum absolute atomic E-state index is 0.00277. The Labute approximate surface area is 139 Å². The molecule has 6 heteroatoms. The van der Waals surface area contributed by atoms with Crippen molar-refractivity contribution in [1.82, 2.24) is 5.32 Å². The smallest absolute Gasteiger partial charge is 0.227 e. The number of benzene rings is 1. The molecule has 1 atom stereocenters. The van der Waals surface area contributed by atoms with E-state index in [0.717, 1.165) is 10.2 Å². The average Bonchev–Trinajstić information content (AvgIpc) is 2.53. The Balaban J connectivity index is 1.84. The van der Waals surface area contributed by atoms with Crippen LogP contribution in [0.3, 0.4) is 0 Å². The molecule has 1 aliphatic heterocycles. The zero-order valence-electron chi connectivity index (χ0n) is 12.8. The molecule has 0 aromatic heterocycles. The molecule has 0 spiro atoms. The fourth-order valence-electron chi connectivity index (χ4n) is 2.52. The highest BCUT2D eigenvalue weighted by Crippen LogP contribution is 2.29. The number of rotatable bonds is 6. The second kappa shape index (κ2) is 7.94. The predicted octanol–water partition coefficient (Wildman–Crippen LogP) is 2.09. The molecule has 1 heterocycles. The molecule has 1 saturated heterocycles. The predicted molar refractivity (Wildman–Crippen MR) is 88.8 cm³/mol. The molecule has 22 heavy (non-hydrogen) atoms. The number of carbonyl (C=O) groups is 1. The van der Waals surface area contributed by atoms with Gasteiger partial charge in [-0.2, -0.15) is 0 Å². The summed E-state index contributed by atoms with van der Waals surface area (Å²) in [6, 6.07) is 7.65. The van der Waals surface area contributed by atoms with Gasteiger partial charge in [0.25, 0.3) is 0 Å². The molecule has 1 aliphatic rings. The molecule has 2 rings (SSSR count). The minimum atomic E-state index is -0.492. The van der Waals surface area contributed by atoms with Gasteiger partial charge in [-0.1, -0.05) is 22.0 Å². The van der Waals surface area contributed by atoms with E-state index in [1.165, 1.54) is 0 Å². The van der Waals surface area contributed by atoms with Crippen molar-refractivity contribution in [3.63, 3.8) is 0 Å². The number of hydrogen-bond donors (Lipinski definition) is 2. The number of carbonyl (C=O) groups excluding carboxylic acids is 1. The summed E-state index contributed by atoms with van der Waals surface area (Å²) >= 11 is 3.41. The lowest BCUT2D eigenvalue weighted by Gasteiger charge is -2.34. The van der Waals surface area contributed by atoms with E-state index < -0.39 is 5.41 Å². The quantitative estimate of drug-likeness (QED) is 0.803. The van der Waals surface area contributed by atoms with Gasteiger partial charge in [0.2, 0.25) is 5.91 Å². The van der Waals surface area contributed by atoms with Crippen molar-refractivity contribution in [1.29, 1.82) is 0 Å². The van der Waals surface area contributed by atoms with E-state index >= 15 is 0 Å². The van der Waals surface area contributed by atoms with Crippen LogP contribution in [0.2, 0.25) is 0 Å². The molecular formula is C16H23BrN2O3. The second-order valence-corrected chi connectivity index (χ2v) is 6.61. The van der Waals surface area contributed by atoms with Gasteiger partial charge < -0.3 is 20.5 Å². The Morgan fingerprint density at radius 2 is 2.23 bits per heavy atom. The fraction of sp³-hybridized carbons (Fsp3) is 0.562. The van der Waals surface area contributed by atoms with Gasteiger partial charge in [0.1, 0.15) is 11.9 Å². The van der Waals surface area contributed by atoms with E-state index in [0.29, 0.717) is 39.1 Å². The summed E-state index contributed by atoms with van der Waals surface area (Å²) < 4.78 is 12.1. The van der Waals surface area contributed by atoms with Gasteiger partial charge in [-0.25, -0.2) is 0 Å². The molecule has 1 unspecified atom stereocenters. The van der Waals surface area contributed by atoms with Crippen molar-refractivity contribution in [3.05, 3.63) is 28.7 Å². The summed E-state index contributed by atoms with van der Waals surface area (Å²) in [5.41, 5.74) is 5.34. The summed E-state index contributed by atoms with van der Waals surface area (Å²) in [6.45, 7) is 3.92. The third-order valence-electron chi connectivity index (χ3n) is 4.01. The van der Waals surface area contributed by atoms with E-state index in [-0.39, 0.29) is 12.0 Å². The van der Waals surface area contributed by atoms with Crippen LogP contribution in [-0.2, 0) is 9.53 Å². The molecule has 0 saturated carbocycles. The van der Waals surface area contributed by atoms with Crippen LogP contribution in [0.15, 0.2) is 28.7 Å². The Kier molecular flexibility index (Phi) is 6.23. The highest BCUT2D eigenvalue weighted by Gasteiger charge is 2.38. The molecular weight excluding hydrogens is 348 g/mol. The number of nitrogens with two attached hydrogens (primary N) is 1. The third kappa shape index (κ3) is 4.44. The van der Waals surface area contributed by atoms with Crippen LogP contribution in [0, 0.1) is 5.41 Å². The molecule has 0 bridgehead atoms. The molecule has 1 aromatic rings. The number of hydrogen-bond acceptors (Lipinski definition) is 4. The van der Waals surface area contributed by atoms with Gasteiger partial charge in [-0.15, -0.1) is 0 Å². The second-order valence-electron chi connectivity index (χ2n) is 5.69. The molecule has 0 aliphatic carbocycles. The van der Waals surface area contributed by atoms with Gasteiger partial charge >= 0.3 is 0 Å². The summed E-state index contributed by atoms with van der Waals surface area (Å²) in [7, 11) is 0. The van der Waals surface area contributed by atoms with Crippen molar-refractivity contribution in [3.8, 4) is 5.75 Å². The minimum Gasteiger partial charge on any atom is -0.489 e. The lowest BCUT2D eigenvalue weighted by atomic mass is 9.79. The fourth-order valence-corrected chi connectivity index (χ4v) is 2.90. The van der Waals surface area contributed by atoms with E-state index in [1.807, 2.05) is 31.2 Å². The van der Waals surface area contributed by atoms with Crippen LogP contribution in [0.4, 0.5) is 0 Å². The topological polar surface area (TPSA) is 73.6 Å². The van der Waals surface area contributed by atoms with Crippen LogP contribution in [0.5, 0.6) is 5.75 Å². The first-order chi connectivity index (χ1) is 10.6. The standard InChI is InChI=1S/C16H23BrN2O3/c1-12(22-14-4-2-3-13(17)9-14)10-19-15(20)16(11-18)5-7-21-8-6-16/h2-4,9,12H,5-8,10-11,18H2,1H3,(H,19,20). The third-order valence-corrected chi connectivity index (χ3v) is 4.50. The summed E-state index contributed by atoms with van der Waals surface area (Å²) in [5.74, 6) is 0.777. The summed E-state index contributed by atoms with van der Waals surface area (Å²) in [6.07, 6.45) is 1.24. The Morgan fingerprint density at radius 3 is 2.86 bits per heavy atom. The normalized spacial score (nSPS) is 18.5. The van der Waals surface area contributed by atoms with Gasteiger partial charge in [-0.05, 0) is 38.0 Å². The first kappa shape index (κ1) is 17.2. The Bertz CT molecular complexity index is 504. The van der Waals surface area contributed by atoms with Crippen molar-refractivity contribution in [2.45, 2.75) is 25.9 Å². The number of halogens is 1. The number of ether oxygens (including phenoxy) is 2. The Hall–Kier alpha value is -1.11. The number of nitrogens with one attached hydrogen (secondary N) is 1. The molecule has 122 valence electrons. The van der Waals surface area contributed by atoms with Crippen molar-refractivity contribution in [2.24, 2.45) is 11.1 Å². The molecule has 1 amide bonds. The zero-order chi connectivity index (χ0) is 16.0. The van der Waals surface area contributed by atoms with E-state index in [1.54, 1.807) is 0 Å². The van der Waals surface area contributed by atoms with E-state index in [9.17, 15) is 4.79 Å².